The highest BCUT2D eigenvalue weighted by atomic mass is 16.5. The fourth-order valence-electron chi connectivity index (χ4n) is 2.92. The van der Waals surface area contributed by atoms with E-state index in [9.17, 15) is 9.90 Å². The normalized spacial score (nSPS) is 26.7. The van der Waals surface area contributed by atoms with Gasteiger partial charge in [0.15, 0.2) is 5.60 Å². The Balaban J connectivity index is 2.06. The van der Waals surface area contributed by atoms with E-state index in [0.29, 0.717) is 19.7 Å². The lowest BCUT2D eigenvalue weighted by Gasteiger charge is -2.46. The van der Waals surface area contributed by atoms with Gasteiger partial charge in [-0.05, 0) is 19.8 Å². The molecule has 102 valence electrons. The van der Waals surface area contributed by atoms with Crippen molar-refractivity contribution in [2.24, 2.45) is 0 Å². The van der Waals surface area contributed by atoms with Crippen LogP contribution < -0.4 is 0 Å². The van der Waals surface area contributed by atoms with Gasteiger partial charge in [0.1, 0.15) is 0 Å². The van der Waals surface area contributed by atoms with Crippen molar-refractivity contribution in [3.8, 4) is 0 Å². The van der Waals surface area contributed by atoms with Gasteiger partial charge in [0, 0.05) is 13.1 Å². The van der Waals surface area contributed by atoms with Crippen molar-refractivity contribution in [1.82, 2.24) is 4.90 Å². The third-order valence-corrected chi connectivity index (χ3v) is 4.13. The Morgan fingerprint density at radius 1 is 1.44 bits per heavy atom. The van der Waals surface area contributed by atoms with E-state index < -0.39 is 5.60 Å². The minimum absolute atomic E-state index is 0.163. The quantitative estimate of drug-likeness (QED) is 0.758. The number of nitrogens with zero attached hydrogens (tertiary/aromatic N) is 1. The average molecular weight is 253 g/mol. The van der Waals surface area contributed by atoms with Crippen LogP contribution >= 0.6 is 0 Å². The SMILES string of the molecule is C=C[C@@](C)(O)C(=O)N1CCOC2(CCCCC2)C1. The van der Waals surface area contributed by atoms with Gasteiger partial charge in [-0.2, -0.15) is 0 Å². The summed E-state index contributed by atoms with van der Waals surface area (Å²) in [5.41, 5.74) is -1.63. The molecule has 0 radical (unpaired) electrons. The van der Waals surface area contributed by atoms with Crippen LogP contribution in [0.2, 0.25) is 0 Å². The van der Waals surface area contributed by atoms with E-state index in [1.807, 2.05) is 0 Å². The third-order valence-electron chi connectivity index (χ3n) is 4.13. The summed E-state index contributed by atoms with van der Waals surface area (Å²) in [6.07, 6.45) is 6.93. The van der Waals surface area contributed by atoms with Gasteiger partial charge in [-0.3, -0.25) is 4.79 Å². The van der Waals surface area contributed by atoms with Crippen LogP contribution in [-0.2, 0) is 9.53 Å². The number of amides is 1. The van der Waals surface area contributed by atoms with Crippen LogP contribution in [0, 0.1) is 0 Å². The molecule has 1 N–H and O–H groups in total. The molecule has 0 aromatic rings. The molecule has 1 aliphatic heterocycles. The molecule has 1 saturated carbocycles. The maximum Gasteiger partial charge on any atom is 0.258 e. The summed E-state index contributed by atoms with van der Waals surface area (Å²) in [4.78, 5) is 14.0. The smallest absolute Gasteiger partial charge is 0.258 e. The number of ether oxygens (including phenoxy) is 1. The zero-order chi connectivity index (χ0) is 13.2. The number of hydrogen-bond acceptors (Lipinski definition) is 3. The molecule has 0 aromatic carbocycles. The van der Waals surface area contributed by atoms with Gasteiger partial charge in [-0.25, -0.2) is 0 Å². The largest absolute Gasteiger partial charge is 0.376 e. The molecule has 4 heteroatoms. The van der Waals surface area contributed by atoms with Crippen molar-refractivity contribution in [2.45, 2.75) is 50.2 Å². The van der Waals surface area contributed by atoms with Crippen molar-refractivity contribution >= 4 is 5.91 Å². The summed E-state index contributed by atoms with van der Waals surface area (Å²) in [5.74, 6) is -0.259. The van der Waals surface area contributed by atoms with Crippen molar-refractivity contribution < 1.29 is 14.6 Å². The van der Waals surface area contributed by atoms with Crippen molar-refractivity contribution in [1.29, 1.82) is 0 Å². The first-order valence-electron chi connectivity index (χ1n) is 6.78. The Morgan fingerprint density at radius 2 is 2.11 bits per heavy atom. The minimum atomic E-state index is -1.47. The van der Waals surface area contributed by atoms with Gasteiger partial charge in [-0.15, -0.1) is 0 Å². The van der Waals surface area contributed by atoms with Gasteiger partial charge >= 0.3 is 0 Å². The lowest BCUT2D eigenvalue weighted by atomic mass is 9.83. The maximum atomic E-state index is 12.2. The molecule has 1 spiro atoms. The van der Waals surface area contributed by atoms with Crippen molar-refractivity contribution in [3.05, 3.63) is 12.7 Å². The molecule has 0 bridgehead atoms. The van der Waals surface area contributed by atoms with Crippen LogP contribution in [0.15, 0.2) is 12.7 Å². The standard InChI is InChI=1S/C14H23NO3/c1-3-13(2,17)12(16)15-9-10-18-14(11-15)7-5-4-6-8-14/h3,17H,1,4-11H2,2H3/t13-/m1/s1. The summed E-state index contributed by atoms with van der Waals surface area (Å²) < 4.78 is 5.93. The first-order chi connectivity index (χ1) is 8.49. The average Bonchev–Trinajstić information content (AvgIpc) is 2.39. The first-order valence-corrected chi connectivity index (χ1v) is 6.78. The van der Waals surface area contributed by atoms with Gasteiger partial charge in [-0.1, -0.05) is 31.9 Å². The summed E-state index contributed by atoms with van der Waals surface area (Å²) in [7, 11) is 0. The van der Waals surface area contributed by atoms with Crippen LogP contribution in [0.25, 0.3) is 0 Å². The van der Waals surface area contributed by atoms with Crippen LogP contribution in [0.4, 0.5) is 0 Å². The van der Waals surface area contributed by atoms with Crippen molar-refractivity contribution in [3.63, 3.8) is 0 Å². The Hall–Kier alpha value is -0.870. The molecule has 1 amide bonds. The van der Waals surface area contributed by atoms with Gasteiger partial charge in [0.05, 0.1) is 12.2 Å². The monoisotopic (exact) mass is 253 g/mol. The highest BCUT2D eigenvalue weighted by Crippen LogP contribution is 2.34. The number of carbonyl (C=O) groups excluding carboxylic acids is 1. The topological polar surface area (TPSA) is 49.8 Å². The van der Waals surface area contributed by atoms with Crippen molar-refractivity contribution in [2.75, 3.05) is 19.7 Å². The van der Waals surface area contributed by atoms with Gasteiger partial charge in [0.2, 0.25) is 0 Å². The Bertz CT molecular complexity index is 326. The number of carbonyl (C=O) groups is 1. The Kier molecular flexibility index (Phi) is 3.78. The Morgan fingerprint density at radius 3 is 2.72 bits per heavy atom. The van der Waals surface area contributed by atoms with Gasteiger partial charge in [0.25, 0.3) is 5.91 Å². The summed E-state index contributed by atoms with van der Waals surface area (Å²) >= 11 is 0. The van der Waals surface area contributed by atoms with Crippen LogP contribution in [0.3, 0.4) is 0 Å². The molecule has 2 fully saturated rings. The molecule has 4 nitrogen and oxygen atoms in total. The Labute approximate surface area is 109 Å². The predicted octanol–water partition coefficient (Wildman–Crippen LogP) is 1.49. The zero-order valence-electron chi connectivity index (χ0n) is 11.2. The summed E-state index contributed by atoms with van der Waals surface area (Å²) in [6.45, 7) is 6.75. The molecular weight excluding hydrogens is 230 g/mol. The maximum absolute atomic E-state index is 12.2. The predicted molar refractivity (Wildman–Crippen MR) is 69.2 cm³/mol. The highest BCUT2D eigenvalue weighted by molar-refractivity contribution is 5.86. The fraction of sp³-hybridized carbons (Fsp3) is 0.786. The van der Waals surface area contributed by atoms with E-state index in [1.165, 1.54) is 32.3 Å². The molecule has 1 atom stereocenters. The van der Waals surface area contributed by atoms with Crippen LogP contribution in [0.5, 0.6) is 0 Å². The molecule has 1 heterocycles. The van der Waals surface area contributed by atoms with Crippen LogP contribution in [0.1, 0.15) is 39.0 Å². The highest BCUT2D eigenvalue weighted by Gasteiger charge is 2.42. The number of rotatable bonds is 2. The molecule has 0 unspecified atom stereocenters. The van der Waals surface area contributed by atoms with E-state index in [2.05, 4.69) is 6.58 Å². The molecule has 18 heavy (non-hydrogen) atoms. The first kappa shape index (κ1) is 13.6. The number of aliphatic hydroxyl groups is 1. The third kappa shape index (κ3) is 2.59. The van der Waals surface area contributed by atoms with E-state index in [1.54, 1.807) is 4.90 Å². The van der Waals surface area contributed by atoms with Gasteiger partial charge < -0.3 is 14.7 Å². The second kappa shape index (κ2) is 5.02. The van der Waals surface area contributed by atoms with E-state index in [0.717, 1.165) is 12.8 Å². The fourth-order valence-corrected chi connectivity index (χ4v) is 2.92. The second-order valence-electron chi connectivity index (χ2n) is 5.67. The molecule has 2 aliphatic rings. The number of hydrogen-bond donors (Lipinski definition) is 1. The molecular formula is C14H23NO3. The summed E-state index contributed by atoms with van der Waals surface area (Å²) in [6, 6.07) is 0. The molecule has 2 rings (SSSR count). The number of morpholine rings is 1. The van der Waals surface area contributed by atoms with E-state index in [-0.39, 0.29) is 11.5 Å². The van der Waals surface area contributed by atoms with Crippen LogP contribution in [-0.4, -0.2) is 46.8 Å². The summed E-state index contributed by atoms with van der Waals surface area (Å²) in [5, 5.41) is 9.98. The van der Waals surface area contributed by atoms with E-state index >= 15 is 0 Å². The second-order valence-corrected chi connectivity index (χ2v) is 5.67. The lowest BCUT2D eigenvalue weighted by Crippen LogP contribution is -2.58. The molecule has 0 aromatic heterocycles. The van der Waals surface area contributed by atoms with E-state index in [4.69, 9.17) is 4.74 Å². The molecule has 1 saturated heterocycles. The minimum Gasteiger partial charge on any atom is -0.376 e. The lowest BCUT2D eigenvalue weighted by molar-refractivity contribution is -0.167. The molecule has 1 aliphatic carbocycles. The zero-order valence-corrected chi connectivity index (χ0v) is 11.2.